The number of benzene rings is 1. The quantitative estimate of drug-likeness (QED) is 0.231. The van der Waals surface area contributed by atoms with Crippen molar-refractivity contribution in [1.82, 2.24) is 19.9 Å². The van der Waals surface area contributed by atoms with E-state index in [4.69, 9.17) is 15.5 Å². The molecule has 0 aliphatic rings. The molecule has 36 heavy (non-hydrogen) atoms. The Balaban J connectivity index is 2.23. The number of rotatable bonds is 10. The van der Waals surface area contributed by atoms with Gasteiger partial charge in [0, 0.05) is 24.8 Å². The van der Waals surface area contributed by atoms with Crippen LogP contribution in [0.2, 0.25) is 5.11 Å². The molecule has 3 aromatic rings. The third kappa shape index (κ3) is 5.09. The fourth-order valence-corrected chi connectivity index (χ4v) is 3.88. The molecule has 0 radical (unpaired) electrons. The van der Waals surface area contributed by atoms with Gasteiger partial charge in [-0.3, -0.25) is 4.79 Å². The Morgan fingerprint density at radius 2 is 2.03 bits per heavy atom. The number of carbonyl (C=O) groups excluding carboxylic acids is 1. The number of hydrogen-bond acceptors (Lipinski definition) is 8. The highest BCUT2D eigenvalue weighted by molar-refractivity contribution is 6.67. The maximum atomic E-state index is 14.8. The molecule has 1 aromatic carbocycles. The summed E-state index contributed by atoms with van der Waals surface area (Å²) >= 11 is 0. The highest BCUT2D eigenvalue weighted by Gasteiger charge is 2.39. The van der Waals surface area contributed by atoms with Gasteiger partial charge in [-0.25, -0.2) is 13.9 Å². The number of ether oxygens (including phenoxy) is 1. The van der Waals surface area contributed by atoms with E-state index in [1.54, 1.807) is 18.3 Å². The number of anilines is 2. The van der Waals surface area contributed by atoms with Gasteiger partial charge in [-0.1, -0.05) is 0 Å². The second-order valence-corrected chi connectivity index (χ2v) is 10.4. The van der Waals surface area contributed by atoms with Crippen molar-refractivity contribution in [2.45, 2.75) is 30.0 Å². The van der Waals surface area contributed by atoms with E-state index < -0.39 is 11.2 Å². The minimum absolute atomic E-state index is 0.0814. The highest BCUT2D eigenvalue weighted by Crippen LogP contribution is 2.37. The summed E-state index contributed by atoms with van der Waals surface area (Å²) in [5.41, 5.74) is 6.74. The second-order valence-electron chi connectivity index (χ2n) is 10.4. The minimum atomic E-state index is -0.621. The van der Waals surface area contributed by atoms with Crippen LogP contribution >= 0.6 is 0 Å². The third-order valence-electron chi connectivity index (χ3n) is 6.91. The first kappa shape index (κ1) is 27.2. The SMILES string of the molecule is BC(B)(B)C(B)(B)N(Cc1c(OC(C)CNC)ccc(F)c1C#N)c1ccn2nc(N)c(C=O)c2n1. The molecule has 0 aliphatic heterocycles. The van der Waals surface area contributed by atoms with Crippen molar-refractivity contribution in [1.29, 1.82) is 5.26 Å². The van der Waals surface area contributed by atoms with E-state index in [1.807, 2.05) is 24.9 Å². The van der Waals surface area contributed by atoms with E-state index in [0.29, 0.717) is 35.6 Å². The zero-order chi connectivity index (χ0) is 26.8. The van der Waals surface area contributed by atoms with E-state index in [0.717, 1.165) is 0 Å². The molecule has 0 aliphatic carbocycles. The molecule has 182 valence electrons. The summed E-state index contributed by atoms with van der Waals surface area (Å²) in [6, 6.07) is 6.58. The van der Waals surface area contributed by atoms with Gasteiger partial charge in [0.15, 0.2) is 17.8 Å². The predicted octanol–water partition coefficient (Wildman–Crippen LogP) is -2.98. The normalized spacial score (nSPS) is 12.7. The fraction of sp³-hybridized carbons (Fsp3) is 0.333. The van der Waals surface area contributed by atoms with Crippen LogP contribution in [0, 0.1) is 17.1 Å². The molecule has 2 heterocycles. The third-order valence-corrected chi connectivity index (χ3v) is 6.91. The largest absolute Gasteiger partial charge is 0.489 e. The molecule has 3 rings (SSSR count). The van der Waals surface area contributed by atoms with Crippen molar-refractivity contribution in [2.75, 3.05) is 24.2 Å². The average Bonchev–Trinajstić information content (AvgIpc) is 3.12. The van der Waals surface area contributed by atoms with E-state index in [1.165, 1.54) is 10.6 Å². The van der Waals surface area contributed by atoms with Crippen LogP contribution in [-0.2, 0) is 6.54 Å². The maximum absolute atomic E-state index is 14.8. The van der Waals surface area contributed by atoms with Crippen LogP contribution in [0.4, 0.5) is 16.0 Å². The van der Waals surface area contributed by atoms with Crippen molar-refractivity contribution in [3.05, 3.63) is 46.9 Å². The summed E-state index contributed by atoms with van der Waals surface area (Å²) < 4.78 is 22.4. The number of fused-ring (bicyclic) bond motifs is 1. The molecule has 0 fully saturated rings. The van der Waals surface area contributed by atoms with Crippen LogP contribution in [0.3, 0.4) is 0 Å². The van der Waals surface area contributed by atoms with Crippen molar-refractivity contribution < 1.29 is 13.9 Å². The lowest BCUT2D eigenvalue weighted by atomic mass is 9.26. The number of halogens is 1. The summed E-state index contributed by atoms with van der Waals surface area (Å²) in [4.78, 5) is 18.4. The molecule has 0 amide bonds. The second kappa shape index (κ2) is 10.3. The van der Waals surface area contributed by atoms with Gasteiger partial charge in [0.05, 0.1) is 29.1 Å². The van der Waals surface area contributed by atoms with Gasteiger partial charge in [0.1, 0.15) is 50.8 Å². The van der Waals surface area contributed by atoms with Crippen LogP contribution in [-0.4, -0.2) is 85.1 Å². The van der Waals surface area contributed by atoms with Crippen molar-refractivity contribution >= 4 is 62.8 Å². The van der Waals surface area contributed by atoms with Gasteiger partial charge >= 0.3 is 0 Å². The number of nitrogens with one attached hydrogen (secondary N) is 1. The number of nitrogens with two attached hydrogens (primary N) is 1. The molecular formula is C21H29B5FN7O2. The Morgan fingerprint density at radius 1 is 1.33 bits per heavy atom. The van der Waals surface area contributed by atoms with Gasteiger partial charge in [-0.2, -0.15) is 5.26 Å². The first-order valence-electron chi connectivity index (χ1n) is 11.8. The van der Waals surface area contributed by atoms with Crippen LogP contribution in [0.1, 0.15) is 28.4 Å². The van der Waals surface area contributed by atoms with E-state index in [2.05, 4.69) is 49.6 Å². The standard InChI is InChI=1S/C21H29B5FN7O2/c1-11(8-30-2)36-16-4-3-15(27)12(7-28)13(16)9-33(21(25,26)20(22,23)24)17-5-6-34-19(31-17)14(10-35)18(29)32-34/h3-6,10-11,30H,8-9,22-26H2,1-2H3,(H2,29,32). The Morgan fingerprint density at radius 3 is 2.61 bits per heavy atom. The molecule has 9 nitrogen and oxygen atoms in total. The highest BCUT2D eigenvalue weighted by atomic mass is 19.1. The zero-order valence-electron chi connectivity index (χ0n) is 21.9. The van der Waals surface area contributed by atoms with Crippen molar-refractivity contribution in [3.63, 3.8) is 0 Å². The average molecular weight is 485 g/mol. The number of hydrogen-bond donors (Lipinski definition) is 2. The van der Waals surface area contributed by atoms with Gasteiger partial charge in [0.2, 0.25) is 0 Å². The summed E-state index contributed by atoms with van der Waals surface area (Å²) in [6.45, 7) is 2.61. The number of nitrogens with zero attached hydrogens (tertiary/aromatic N) is 5. The zero-order valence-corrected chi connectivity index (χ0v) is 21.9. The van der Waals surface area contributed by atoms with Gasteiger partial charge in [-0.05, 0) is 37.5 Å². The number of nitrogen functional groups attached to an aromatic ring is 1. The van der Waals surface area contributed by atoms with Crippen molar-refractivity contribution in [3.8, 4) is 11.8 Å². The molecule has 15 heteroatoms. The number of aromatic nitrogens is 3. The molecule has 0 bridgehead atoms. The number of nitriles is 1. The number of likely N-dealkylation sites (N-methyl/N-ethyl adjacent to an activating group) is 1. The lowest BCUT2D eigenvalue weighted by molar-refractivity contribution is 0.112. The van der Waals surface area contributed by atoms with Crippen molar-refractivity contribution in [2.24, 2.45) is 0 Å². The minimum Gasteiger partial charge on any atom is -0.489 e. The number of carbonyl (C=O) groups is 1. The Labute approximate surface area is 215 Å². The van der Waals surface area contributed by atoms with Crippen LogP contribution < -0.4 is 20.7 Å². The van der Waals surface area contributed by atoms with E-state index in [9.17, 15) is 14.4 Å². The first-order valence-corrected chi connectivity index (χ1v) is 11.8. The Hall–Kier alpha value is -3.39. The Kier molecular flexibility index (Phi) is 7.79. The summed E-state index contributed by atoms with van der Waals surface area (Å²) in [5, 5.41) is 16.3. The fourth-order valence-electron chi connectivity index (χ4n) is 3.88. The first-order chi connectivity index (χ1) is 16.8. The van der Waals surface area contributed by atoms with Gasteiger partial charge in [-0.15, -0.1) is 10.2 Å². The molecule has 0 spiro atoms. The van der Waals surface area contributed by atoms with E-state index >= 15 is 0 Å². The number of aldehydes is 1. The van der Waals surface area contributed by atoms with Gasteiger partial charge in [0.25, 0.3) is 0 Å². The maximum Gasteiger partial charge on any atom is 0.170 e. The molecule has 1 unspecified atom stereocenters. The summed E-state index contributed by atoms with van der Waals surface area (Å²) in [7, 11) is 12.2. The lowest BCUT2D eigenvalue weighted by Crippen LogP contribution is -2.59. The predicted molar refractivity (Wildman–Crippen MR) is 152 cm³/mol. The van der Waals surface area contributed by atoms with Crippen LogP contribution in [0.15, 0.2) is 24.4 Å². The molecule has 3 N–H and O–H groups in total. The summed E-state index contributed by atoms with van der Waals surface area (Å²) in [6.07, 6.45) is 2.09. The molecule has 0 saturated carbocycles. The van der Waals surface area contributed by atoms with E-state index in [-0.39, 0.29) is 34.7 Å². The van der Waals surface area contributed by atoms with Gasteiger partial charge < -0.3 is 20.7 Å². The molecule has 0 saturated heterocycles. The molecule has 1 atom stereocenters. The Bertz CT molecular complexity index is 1320. The summed E-state index contributed by atoms with van der Waals surface area (Å²) in [5.74, 6) is 0.411. The molecule has 2 aromatic heterocycles. The monoisotopic (exact) mass is 485 g/mol. The van der Waals surface area contributed by atoms with Crippen LogP contribution in [0.25, 0.3) is 5.65 Å². The lowest BCUT2D eigenvalue weighted by Gasteiger charge is -2.50. The topological polar surface area (TPSA) is 122 Å². The van der Waals surface area contributed by atoms with Crippen LogP contribution in [0.5, 0.6) is 5.75 Å². The smallest absolute Gasteiger partial charge is 0.170 e. The molecular weight excluding hydrogens is 455 g/mol.